The highest BCUT2D eigenvalue weighted by atomic mass is 16.5. The summed E-state index contributed by atoms with van der Waals surface area (Å²) in [5.41, 5.74) is 2.85. The summed E-state index contributed by atoms with van der Waals surface area (Å²) in [6.45, 7) is 2.67. The number of carboxylic acids is 1. The van der Waals surface area contributed by atoms with Gasteiger partial charge in [-0.3, -0.25) is 4.79 Å². The zero-order valence-corrected chi connectivity index (χ0v) is 12.3. The topological polar surface area (TPSA) is 82.6 Å². The number of amides is 1. The Kier molecular flexibility index (Phi) is 3.85. The molecule has 1 saturated heterocycles. The van der Waals surface area contributed by atoms with Crippen molar-refractivity contribution in [3.63, 3.8) is 0 Å². The van der Waals surface area contributed by atoms with E-state index in [4.69, 9.17) is 4.74 Å². The molecule has 0 unspecified atom stereocenters. The van der Waals surface area contributed by atoms with Gasteiger partial charge in [-0.2, -0.15) is 0 Å². The van der Waals surface area contributed by atoms with Gasteiger partial charge in [-0.05, 0) is 18.6 Å². The Morgan fingerprint density at radius 1 is 1.41 bits per heavy atom. The first kappa shape index (κ1) is 14.6. The van der Waals surface area contributed by atoms with Crippen molar-refractivity contribution in [2.45, 2.75) is 19.4 Å². The van der Waals surface area contributed by atoms with Crippen LogP contribution in [0, 0.1) is 6.92 Å². The number of carbonyl (C=O) groups is 2. The van der Waals surface area contributed by atoms with Gasteiger partial charge in [0, 0.05) is 23.1 Å². The van der Waals surface area contributed by atoms with Gasteiger partial charge < -0.3 is 19.7 Å². The number of benzene rings is 1. The van der Waals surface area contributed by atoms with E-state index in [2.05, 4.69) is 4.98 Å². The quantitative estimate of drug-likeness (QED) is 0.896. The first-order valence-corrected chi connectivity index (χ1v) is 7.24. The molecule has 0 saturated carbocycles. The van der Waals surface area contributed by atoms with Crippen LogP contribution in [0.3, 0.4) is 0 Å². The molecular formula is C16H18N2O4. The number of hydrogen-bond acceptors (Lipinski definition) is 3. The molecule has 22 heavy (non-hydrogen) atoms. The van der Waals surface area contributed by atoms with E-state index >= 15 is 0 Å². The normalized spacial score (nSPS) is 18.6. The summed E-state index contributed by atoms with van der Waals surface area (Å²) in [6, 6.07) is 6.90. The number of aryl methyl sites for hydroxylation is 1. The molecule has 1 amide bonds. The monoisotopic (exact) mass is 302 g/mol. The van der Waals surface area contributed by atoms with Crippen LogP contribution in [0.1, 0.15) is 11.3 Å². The smallest absolute Gasteiger partial charge is 0.328 e. The van der Waals surface area contributed by atoms with Crippen LogP contribution in [-0.4, -0.2) is 52.7 Å². The number of nitrogens with zero attached hydrogens (tertiary/aromatic N) is 1. The minimum atomic E-state index is -1.02. The van der Waals surface area contributed by atoms with Gasteiger partial charge in [0.1, 0.15) is 0 Å². The molecule has 6 heteroatoms. The molecular weight excluding hydrogens is 284 g/mol. The molecule has 1 aromatic carbocycles. The average Bonchev–Trinajstić information content (AvgIpc) is 2.83. The van der Waals surface area contributed by atoms with E-state index in [0.717, 1.165) is 22.2 Å². The van der Waals surface area contributed by atoms with E-state index in [-0.39, 0.29) is 18.9 Å². The standard InChI is InChI=1S/C16H18N2O4/c1-10-12(11-4-2-3-5-13(11)17-10)8-15(19)18-6-7-22-9-14(18)16(20)21/h2-5,14,17H,6-9H2,1H3,(H,20,21)/t14-/m1/s1. The lowest BCUT2D eigenvalue weighted by atomic mass is 10.1. The molecule has 1 aromatic heterocycles. The van der Waals surface area contributed by atoms with Crippen LogP contribution in [0.25, 0.3) is 10.9 Å². The van der Waals surface area contributed by atoms with Crippen molar-refractivity contribution in [3.8, 4) is 0 Å². The number of morpholine rings is 1. The number of carbonyl (C=O) groups excluding carboxylic acids is 1. The Bertz CT molecular complexity index is 722. The minimum Gasteiger partial charge on any atom is -0.480 e. The Morgan fingerprint density at radius 2 is 2.18 bits per heavy atom. The number of ether oxygens (including phenoxy) is 1. The van der Waals surface area contributed by atoms with Crippen LogP contribution in [0.2, 0.25) is 0 Å². The molecule has 3 rings (SSSR count). The highest BCUT2D eigenvalue weighted by Gasteiger charge is 2.33. The van der Waals surface area contributed by atoms with Crippen molar-refractivity contribution in [2.75, 3.05) is 19.8 Å². The van der Waals surface area contributed by atoms with Gasteiger partial charge in [-0.1, -0.05) is 18.2 Å². The van der Waals surface area contributed by atoms with Crippen LogP contribution in [-0.2, 0) is 20.7 Å². The van der Waals surface area contributed by atoms with Crippen molar-refractivity contribution in [3.05, 3.63) is 35.5 Å². The largest absolute Gasteiger partial charge is 0.480 e. The summed E-state index contributed by atoms with van der Waals surface area (Å²) in [7, 11) is 0. The number of aromatic nitrogens is 1. The van der Waals surface area contributed by atoms with Crippen molar-refractivity contribution in [1.82, 2.24) is 9.88 Å². The number of para-hydroxylation sites is 1. The van der Waals surface area contributed by atoms with Crippen molar-refractivity contribution in [2.24, 2.45) is 0 Å². The van der Waals surface area contributed by atoms with Gasteiger partial charge >= 0.3 is 5.97 Å². The molecule has 2 N–H and O–H groups in total. The number of hydrogen-bond donors (Lipinski definition) is 2. The molecule has 1 fully saturated rings. The second-order valence-electron chi connectivity index (χ2n) is 5.47. The maximum Gasteiger partial charge on any atom is 0.328 e. The Labute approximate surface area is 127 Å². The molecule has 1 aliphatic heterocycles. The summed E-state index contributed by atoms with van der Waals surface area (Å²) in [5.74, 6) is -1.20. The molecule has 116 valence electrons. The fourth-order valence-corrected chi connectivity index (χ4v) is 2.92. The third kappa shape index (κ3) is 2.57. The average molecular weight is 302 g/mol. The fraction of sp³-hybridized carbons (Fsp3) is 0.375. The maximum absolute atomic E-state index is 12.6. The highest BCUT2D eigenvalue weighted by Crippen LogP contribution is 2.23. The van der Waals surface area contributed by atoms with E-state index < -0.39 is 12.0 Å². The fourth-order valence-electron chi connectivity index (χ4n) is 2.92. The van der Waals surface area contributed by atoms with Crippen LogP contribution in [0.4, 0.5) is 0 Å². The first-order valence-electron chi connectivity index (χ1n) is 7.24. The summed E-state index contributed by atoms with van der Waals surface area (Å²) in [5, 5.41) is 10.2. The van der Waals surface area contributed by atoms with E-state index in [9.17, 15) is 14.7 Å². The SMILES string of the molecule is Cc1[nH]c2ccccc2c1CC(=O)N1CCOC[C@@H]1C(=O)O. The van der Waals surface area contributed by atoms with Crippen molar-refractivity contribution < 1.29 is 19.4 Å². The molecule has 0 spiro atoms. The second-order valence-corrected chi connectivity index (χ2v) is 5.47. The molecule has 0 bridgehead atoms. The molecule has 6 nitrogen and oxygen atoms in total. The molecule has 2 heterocycles. The van der Waals surface area contributed by atoms with Crippen molar-refractivity contribution >= 4 is 22.8 Å². The number of carboxylic acid groups (broad SMARTS) is 1. The summed E-state index contributed by atoms with van der Waals surface area (Å²) in [6.07, 6.45) is 0.194. The predicted molar refractivity (Wildman–Crippen MR) is 80.7 cm³/mol. The number of rotatable bonds is 3. The minimum absolute atomic E-state index is 0.0495. The second kappa shape index (κ2) is 5.81. The van der Waals surface area contributed by atoms with Gasteiger partial charge in [0.05, 0.1) is 19.6 Å². The molecule has 2 aromatic rings. The Morgan fingerprint density at radius 3 is 2.95 bits per heavy atom. The Balaban J connectivity index is 1.86. The predicted octanol–water partition coefficient (Wildman–Crippen LogP) is 1.33. The van der Waals surface area contributed by atoms with Gasteiger partial charge in [0.2, 0.25) is 5.91 Å². The number of H-pyrrole nitrogens is 1. The number of aromatic amines is 1. The number of aliphatic carboxylic acids is 1. The van der Waals surface area contributed by atoms with E-state index in [0.29, 0.717) is 13.2 Å². The summed E-state index contributed by atoms with van der Waals surface area (Å²) >= 11 is 0. The lowest BCUT2D eigenvalue weighted by molar-refractivity contribution is -0.157. The van der Waals surface area contributed by atoms with Crippen LogP contribution in [0.5, 0.6) is 0 Å². The van der Waals surface area contributed by atoms with Crippen LogP contribution in [0.15, 0.2) is 24.3 Å². The van der Waals surface area contributed by atoms with Gasteiger partial charge in [-0.15, -0.1) is 0 Å². The molecule has 0 radical (unpaired) electrons. The van der Waals surface area contributed by atoms with E-state index in [1.807, 2.05) is 31.2 Å². The zero-order valence-electron chi connectivity index (χ0n) is 12.3. The summed E-state index contributed by atoms with van der Waals surface area (Å²) < 4.78 is 5.17. The van der Waals surface area contributed by atoms with E-state index in [1.165, 1.54) is 4.90 Å². The third-order valence-corrected chi connectivity index (χ3v) is 4.09. The van der Waals surface area contributed by atoms with Crippen LogP contribution >= 0.6 is 0 Å². The molecule has 1 atom stereocenters. The van der Waals surface area contributed by atoms with Gasteiger partial charge in [0.15, 0.2) is 6.04 Å². The first-order chi connectivity index (χ1) is 10.6. The van der Waals surface area contributed by atoms with Crippen LogP contribution < -0.4 is 0 Å². The third-order valence-electron chi connectivity index (χ3n) is 4.09. The zero-order chi connectivity index (χ0) is 15.7. The highest BCUT2D eigenvalue weighted by molar-refractivity contribution is 5.91. The molecule has 0 aliphatic carbocycles. The van der Waals surface area contributed by atoms with Crippen molar-refractivity contribution in [1.29, 1.82) is 0 Å². The Hall–Kier alpha value is -2.34. The lowest BCUT2D eigenvalue weighted by Gasteiger charge is -2.33. The maximum atomic E-state index is 12.6. The number of nitrogens with one attached hydrogen (secondary N) is 1. The van der Waals surface area contributed by atoms with Gasteiger partial charge in [-0.25, -0.2) is 4.79 Å². The number of fused-ring (bicyclic) bond motifs is 1. The van der Waals surface area contributed by atoms with E-state index in [1.54, 1.807) is 0 Å². The lowest BCUT2D eigenvalue weighted by Crippen LogP contribution is -2.53. The summed E-state index contributed by atoms with van der Waals surface area (Å²) in [4.78, 5) is 28.5. The molecule has 1 aliphatic rings. The van der Waals surface area contributed by atoms with Gasteiger partial charge in [0.25, 0.3) is 0 Å².